The van der Waals surface area contributed by atoms with Gasteiger partial charge in [-0.15, -0.1) is 0 Å². The van der Waals surface area contributed by atoms with Crippen molar-refractivity contribution >= 4 is 11.9 Å². The lowest BCUT2D eigenvalue weighted by Gasteiger charge is -2.36. The number of amides is 3. The molecule has 0 unspecified atom stereocenters. The maximum absolute atomic E-state index is 12.4. The number of hydrogen-bond acceptors (Lipinski definition) is 3. The van der Waals surface area contributed by atoms with E-state index in [4.69, 9.17) is 4.74 Å². The third-order valence-electron chi connectivity index (χ3n) is 4.60. The van der Waals surface area contributed by atoms with Gasteiger partial charge in [0, 0.05) is 19.8 Å². The minimum Gasteiger partial charge on any atom is -0.381 e. The number of alkyl halides is 3. The molecule has 9 heteroatoms. The molecule has 0 atom stereocenters. The first kappa shape index (κ1) is 17.8. The van der Waals surface area contributed by atoms with Crippen LogP contribution in [0.5, 0.6) is 0 Å². The average molecular weight is 337 g/mol. The zero-order valence-electron chi connectivity index (χ0n) is 13.1. The number of nitrogens with one attached hydrogen (secondary N) is 1. The van der Waals surface area contributed by atoms with Crippen molar-refractivity contribution in [3.05, 3.63) is 0 Å². The zero-order valence-corrected chi connectivity index (χ0v) is 13.1. The quantitative estimate of drug-likeness (QED) is 0.847. The molecule has 0 aromatic rings. The smallest absolute Gasteiger partial charge is 0.381 e. The molecule has 6 nitrogen and oxygen atoms in total. The van der Waals surface area contributed by atoms with Crippen LogP contribution in [-0.4, -0.2) is 67.4 Å². The van der Waals surface area contributed by atoms with Gasteiger partial charge in [-0.3, -0.25) is 9.69 Å². The molecule has 2 rings (SSSR count). The zero-order chi connectivity index (χ0) is 17.1. The van der Waals surface area contributed by atoms with Gasteiger partial charge in [0.15, 0.2) is 0 Å². The number of rotatable bonds is 4. The Bertz CT molecular complexity index is 450. The highest BCUT2D eigenvalue weighted by Crippen LogP contribution is 2.33. The van der Waals surface area contributed by atoms with Crippen molar-refractivity contribution in [2.45, 2.75) is 32.4 Å². The predicted octanol–water partition coefficient (Wildman–Crippen LogP) is 1.57. The van der Waals surface area contributed by atoms with Crippen LogP contribution in [0, 0.1) is 5.41 Å². The number of carbonyl (C=O) groups excluding carboxylic acids is 2. The van der Waals surface area contributed by atoms with Gasteiger partial charge in [0.1, 0.15) is 13.1 Å². The summed E-state index contributed by atoms with van der Waals surface area (Å²) in [5.41, 5.74) is -0.0384. The summed E-state index contributed by atoms with van der Waals surface area (Å²) in [4.78, 5) is 25.5. The number of halogens is 3. The third kappa shape index (κ3) is 4.73. The fourth-order valence-electron chi connectivity index (χ4n) is 2.92. The average Bonchev–Trinajstić information content (AvgIpc) is 2.85. The lowest BCUT2D eigenvalue weighted by molar-refractivity contribution is -0.157. The Morgan fingerprint density at radius 3 is 2.57 bits per heavy atom. The highest BCUT2D eigenvalue weighted by molar-refractivity contribution is 5.87. The molecule has 2 fully saturated rings. The number of urea groups is 1. The summed E-state index contributed by atoms with van der Waals surface area (Å²) in [5.74, 6) is -0.686. The summed E-state index contributed by atoms with van der Waals surface area (Å²) in [5, 5.41) is 2.76. The van der Waals surface area contributed by atoms with Gasteiger partial charge in [-0.2, -0.15) is 13.2 Å². The Morgan fingerprint density at radius 2 is 2.00 bits per heavy atom. The van der Waals surface area contributed by atoms with Gasteiger partial charge in [-0.05, 0) is 24.7 Å². The molecule has 2 saturated heterocycles. The lowest BCUT2D eigenvalue weighted by atomic mass is 9.78. The van der Waals surface area contributed by atoms with Crippen LogP contribution in [0.4, 0.5) is 18.0 Å². The van der Waals surface area contributed by atoms with Gasteiger partial charge in [0.2, 0.25) is 5.91 Å². The largest absolute Gasteiger partial charge is 0.406 e. The standard InChI is InChI=1S/C14H22F3N3O3/c1-2-13(3-5-23-6-4-13)8-18-12(22)19-7-11(21)20(10-19)9-14(15,16)17/h2-10H2,1H3,(H,18,22). The molecule has 2 aliphatic heterocycles. The molecule has 0 aromatic carbocycles. The molecular formula is C14H22F3N3O3. The molecular weight excluding hydrogens is 315 g/mol. The first-order valence-electron chi connectivity index (χ1n) is 7.70. The Morgan fingerprint density at radius 1 is 1.35 bits per heavy atom. The van der Waals surface area contributed by atoms with Gasteiger partial charge in [-0.25, -0.2) is 4.79 Å². The van der Waals surface area contributed by atoms with Crippen LogP contribution >= 0.6 is 0 Å². The Balaban J connectivity index is 1.85. The normalized spacial score (nSPS) is 21.7. The highest BCUT2D eigenvalue weighted by atomic mass is 19.4. The van der Waals surface area contributed by atoms with E-state index in [0.717, 1.165) is 24.2 Å². The predicted molar refractivity (Wildman–Crippen MR) is 75.5 cm³/mol. The maximum atomic E-state index is 12.4. The van der Waals surface area contributed by atoms with E-state index in [2.05, 4.69) is 5.32 Å². The van der Waals surface area contributed by atoms with E-state index in [-0.39, 0.29) is 18.6 Å². The van der Waals surface area contributed by atoms with Crippen molar-refractivity contribution in [1.29, 1.82) is 0 Å². The molecule has 2 aliphatic rings. The number of hydrogen-bond donors (Lipinski definition) is 1. The van der Waals surface area contributed by atoms with Crippen molar-refractivity contribution in [2.75, 3.05) is 39.5 Å². The van der Waals surface area contributed by atoms with Gasteiger partial charge in [0.05, 0.1) is 6.67 Å². The fourth-order valence-corrected chi connectivity index (χ4v) is 2.92. The molecule has 0 aromatic heterocycles. The molecule has 0 saturated carbocycles. The molecule has 3 amide bonds. The summed E-state index contributed by atoms with van der Waals surface area (Å²) >= 11 is 0. The van der Waals surface area contributed by atoms with E-state index < -0.39 is 24.7 Å². The summed E-state index contributed by atoms with van der Waals surface area (Å²) in [6.07, 6.45) is -1.90. The third-order valence-corrected chi connectivity index (χ3v) is 4.60. The van der Waals surface area contributed by atoms with Crippen LogP contribution in [0.2, 0.25) is 0 Å². The molecule has 23 heavy (non-hydrogen) atoms. The van der Waals surface area contributed by atoms with Crippen LogP contribution < -0.4 is 5.32 Å². The Labute approximate surface area is 132 Å². The van der Waals surface area contributed by atoms with E-state index in [0.29, 0.717) is 24.7 Å². The maximum Gasteiger partial charge on any atom is 0.406 e. The van der Waals surface area contributed by atoms with Gasteiger partial charge in [-0.1, -0.05) is 6.92 Å². The van der Waals surface area contributed by atoms with E-state index in [1.54, 1.807) is 0 Å². The minimum absolute atomic E-state index is 0.0384. The molecule has 0 bridgehead atoms. The second-order valence-electron chi connectivity index (χ2n) is 6.17. The SMILES string of the molecule is CCC1(CNC(=O)N2CC(=O)N(CC(F)(F)F)C2)CCOCC1. The number of ether oxygens (including phenoxy) is 1. The fraction of sp³-hybridized carbons (Fsp3) is 0.857. The van der Waals surface area contributed by atoms with Gasteiger partial charge in [0.25, 0.3) is 0 Å². The van der Waals surface area contributed by atoms with E-state index in [1.807, 2.05) is 6.92 Å². The summed E-state index contributed by atoms with van der Waals surface area (Å²) in [6, 6.07) is -0.498. The van der Waals surface area contributed by atoms with E-state index >= 15 is 0 Å². The summed E-state index contributed by atoms with van der Waals surface area (Å²) in [7, 11) is 0. The van der Waals surface area contributed by atoms with Crippen molar-refractivity contribution in [3.63, 3.8) is 0 Å². The van der Waals surface area contributed by atoms with Gasteiger partial charge >= 0.3 is 12.2 Å². The Kier molecular flexibility index (Phi) is 5.38. The lowest BCUT2D eigenvalue weighted by Crippen LogP contribution is -2.46. The first-order valence-corrected chi connectivity index (χ1v) is 7.70. The van der Waals surface area contributed by atoms with E-state index in [1.165, 1.54) is 0 Å². The summed E-state index contributed by atoms with van der Waals surface area (Å²) < 4.78 is 42.4. The number of nitrogens with zero attached hydrogens (tertiary/aromatic N) is 2. The van der Waals surface area contributed by atoms with Crippen LogP contribution in [0.25, 0.3) is 0 Å². The monoisotopic (exact) mass is 337 g/mol. The van der Waals surface area contributed by atoms with Crippen molar-refractivity contribution in [3.8, 4) is 0 Å². The van der Waals surface area contributed by atoms with Crippen molar-refractivity contribution in [1.82, 2.24) is 15.1 Å². The summed E-state index contributed by atoms with van der Waals surface area (Å²) in [6.45, 7) is 1.80. The molecule has 0 radical (unpaired) electrons. The second-order valence-corrected chi connectivity index (χ2v) is 6.17. The van der Waals surface area contributed by atoms with E-state index in [9.17, 15) is 22.8 Å². The second kappa shape index (κ2) is 6.94. The molecule has 0 spiro atoms. The number of carbonyl (C=O) groups is 2. The Hall–Kier alpha value is -1.51. The van der Waals surface area contributed by atoms with Crippen molar-refractivity contribution < 1.29 is 27.5 Å². The molecule has 132 valence electrons. The molecule has 2 heterocycles. The highest BCUT2D eigenvalue weighted by Gasteiger charge is 2.39. The van der Waals surface area contributed by atoms with Crippen LogP contribution in [0.1, 0.15) is 26.2 Å². The van der Waals surface area contributed by atoms with Crippen LogP contribution in [-0.2, 0) is 9.53 Å². The molecule has 1 N–H and O–H groups in total. The van der Waals surface area contributed by atoms with Crippen LogP contribution in [0.3, 0.4) is 0 Å². The van der Waals surface area contributed by atoms with Crippen LogP contribution in [0.15, 0.2) is 0 Å². The minimum atomic E-state index is -4.46. The first-order chi connectivity index (χ1) is 10.7. The molecule has 0 aliphatic carbocycles. The van der Waals surface area contributed by atoms with Gasteiger partial charge < -0.3 is 15.0 Å². The topological polar surface area (TPSA) is 61.9 Å². The van der Waals surface area contributed by atoms with Crippen molar-refractivity contribution in [2.24, 2.45) is 5.41 Å².